The number of allylic oxidation sites excluding steroid dienone is 1. The molecular weight excluding hydrogens is 320 g/mol. The molecule has 0 heterocycles. The van der Waals surface area contributed by atoms with Crippen molar-refractivity contribution in [3.8, 4) is 0 Å². The Kier molecular flexibility index (Phi) is 4.42. The van der Waals surface area contributed by atoms with Gasteiger partial charge in [-0.05, 0) is 0 Å². The van der Waals surface area contributed by atoms with E-state index in [9.17, 15) is 0 Å². The van der Waals surface area contributed by atoms with E-state index in [1.807, 2.05) is 0 Å². The van der Waals surface area contributed by atoms with Gasteiger partial charge in [0.1, 0.15) is 0 Å². The third-order valence-corrected chi connectivity index (χ3v) is 8.82. The predicted molar refractivity (Wildman–Crippen MR) is 77.3 cm³/mol. The molecule has 0 aliphatic rings. The Hall–Kier alpha value is -1.03. The Bertz CT molecular complexity index is 442. The van der Waals surface area contributed by atoms with Gasteiger partial charge >= 0.3 is 111 Å². The van der Waals surface area contributed by atoms with Crippen molar-refractivity contribution in [2.75, 3.05) is 0 Å². The van der Waals surface area contributed by atoms with E-state index in [0.29, 0.717) is 0 Å². The van der Waals surface area contributed by atoms with Gasteiger partial charge in [0.25, 0.3) is 0 Å². The summed E-state index contributed by atoms with van der Waals surface area (Å²) in [5, 5.41) is 0. The van der Waals surface area contributed by atoms with Crippen LogP contribution in [0.3, 0.4) is 0 Å². The fourth-order valence-electron chi connectivity index (χ4n) is 1.64. The zero-order valence-corrected chi connectivity index (χ0v) is 12.6. The first-order chi connectivity index (χ1) is 8.27. The molecule has 17 heavy (non-hydrogen) atoms. The van der Waals surface area contributed by atoms with Crippen molar-refractivity contribution in [3.05, 3.63) is 70.4 Å². The number of hydrogen-bond acceptors (Lipinski definition) is 0. The third-order valence-electron chi connectivity index (χ3n) is 2.35. The summed E-state index contributed by atoms with van der Waals surface area (Å²) in [6.07, 6.45) is 0. The van der Waals surface area contributed by atoms with Gasteiger partial charge in [0, 0.05) is 0 Å². The summed E-state index contributed by atoms with van der Waals surface area (Å²) in [6.45, 7) is 4.39. The Morgan fingerprint density at radius 3 is 1.53 bits per heavy atom. The summed E-state index contributed by atoms with van der Waals surface area (Å²) in [6, 6.07) is 21.8. The molecule has 0 saturated carbocycles. The minimum atomic E-state index is -1.51. The van der Waals surface area contributed by atoms with Gasteiger partial charge in [0.2, 0.25) is 0 Å². The first kappa shape index (κ1) is 12.4. The second-order valence-corrected chi connectivity index (χ2v) is 9.45. The molecule has 0 aliphatic heterocycles. The van der Waals surface area contributed by atoms with E-state index in [1.54, 1.807) is 0 Å². The van der Waals surface area contributed by atoms with Crippen molar-refractivity contribution >= 4 is 26.8 Å². The average molecular weight is 337 g/mol. The maximum atomic E-state index is 2.49. The molecule has 0 unspecified atom stereocenters. The molecule has 0 fully saturated rings. The molecule has 0 atom stereocenters. The quantitative estimate of drug-likeness (QED) is 0.756. The zero-order valence-electron chi connectivity index (χ0n) is 10.3. The molecule has 0 saturated heterocycles. The molecule has 2 aromatic carbocycles. The summed E-state index contributed by atoms with van der Waals surface area (Å²) in [5.74, 6) is 0. The molecular formula is C16H17Te+. The van der Waals surface area contributed by atoms with Crippen LogP contribution in [-0.2, 0) is 0 Å². The van der Waals surface area contributed by atoms with Gasteiger partial charge in [-0.15, -0.1) is 0 Å². The Labute approximate surface area is 111 Å². The van der Waals surface area contributed by atoms with Crippen LogP contribution < -0.4 is 7.22 Å². The molecule has 0 aliphatic carbocycles. The van der Waals surface area contributed by atoms with Crippen LogP contribution in [0, 0.1) is 0 Å². The second kappa shape index (κ2) is 6.05. The van der Waals surface area contributed by atoms with Crippen molar-refractivity contribution < 1.29 is 0 Å². The van der Waals surface area contributed by atoms with Gasteiger partial charge < -0.3 is 0 Å². The summed E-state index contributed by atoms with van der Waals surface area (Å²) in [5.41, 5.74) is 1.43. The van der Waals surface area contributed by atoms with Crippen LogP contribution in [-0.4, -0.2) is 19.6 Å². The van der Waals surface area contributed by atoms with E-state index in [-0.39, 0.29) is 0 Å². The van der Waals surface area contributed by atoms with Crippen LogP contribution in [0.15, 0.2) is 70.4 Å². The Balaban J connectivity index is 2.43. The van der Waals surface area contributed by atoms with E-state index >= 15 is 0 Å². The molecule has 86 valence electrons. The van der Waals surface area contributed by atoms with Crippen LogP contribution >= 0.6 is 0 Å². The topological polar surface area (TPSA) is 0 Å². The molecule has 0 spiro atoms. The molecule has 1 heteroatoms. The van der Waals surface area contributed by atoms with E-state index in [1.165, 1.54) is 12.8 Å². The van der Waals surface area contributed by atoms with E-state index in [4.69, 9.17) is 0 Å². The fraction of sp³-hybridized carbons (Fsp3) is 0.125. The summed E-state index contributed by atoms with van der Waals surface area (Å²) in [4.78, 5) is 0. The van der Waals surface area contributed by atoms with Gasteiger partial charge in [0.15, 0.2) is 0 Å². The average Bonchev–Trinajstić information content (AvgIpc) is 2.38. The van der Waals surface area contributed by atoms with Gasteiger partial charge in [-0.2, -0.15) is 0 Å². The van der Waals surface area contributed by atoms with Crippen molar-refractivity contribution in [3.63, 3.8) is 0 Å². The second-order valence-electron chi connectivity index (χ2n) is 4.16. The van der Waals surface area contributed by atoms with Crippen LogP contribution in [0.25, 0.3) is 0 Å². The van der Waals surface area contributed by atoms with Gasteiger partial charge in [-0.25, -0.2) is 0 Å². The summed E-state index contributed by atoms with van der Waals surface area (Å²) >= 11 is -1.51. The summed E-state index contributed by atoms with van der Waals surface area (Å²) in [7, 11) is 0. The van der Waals surface area contributed by atoms with Crippen molar-refractivity contribution in [2.24, 2.45) is 0 Å². The van der Waals surface area contributed by atoms with Crippen molar-refractivity contribution in [1.29, 1.82) is 0 Å². The number of hydrogen-bond donors (Lipinski definition) is 0. The SMILES string of the molecule is CC(C)=C[Te+](c1ccccc1)c1ccccc1. The normalized spacial score (nSPS) is 10.3. The number of rotatable bonds is 3. The fourth-order valence-corrected chi connectivity index (χ4v) is 7.11. The zero-order chi connectivity index (χ0) is 12.1. The van der Waals surface area contributed by atoms with E-state index < -0.39 is 19.6 Å². The molecule has 2 rings (SSSR count). The van der Waals surface area contributed by atoms with Crippen molar-refractivity contribution in [1.82, 2.24) is 0 Å². The molecule has 0 N–H and O–H groups in total. The van der Waals surface area contributed by atoms with Gasteiger partial charge in [0.05, 0.1) is 0 Å². The molecule has 0 amide bonds. The molecule has 0 radical (unpaired) electrons. The van der Waals surface area contributed by atoms with E-state index in [0.717, 1.165) is 0 Å². The first-order valence-electron chi connectivity index (χ1n) is 5.75. The number of benzene rings is 2. The van der Waals surface area contributed by atoms with Crippen LogP contribution in [0.2, 0.25) is 0 Å². The van der Waals surface area contributed by atoms with E-state index in [2.05, 4.69) is 78.6 Å². The van der Waals surface area contributed by atoms with Crippen LogP contribution in [0.4, 0.5) is 0 Å². The van der Waals surface area contributed by atoms with Gasteiger partial charge in [-0.1, -0.05) is 0 Å². The third kappa shape index (κ3) is 3.46. The van der Waals surface area contributed by atoms with Gasteiger partial charge in [-0.3, -0.25) is 0 Å². The summed E-state index contributed by atoms with van der Waals surface area (Å²) < 4.78 is 5.53. The molecule has 0 bridgehead atoms. The van der Waals surface area contributed by atoms with Crippen LogP contribution in [0.1, 0.15) is 13.8 Å². The maximum absolute atomic E-state index is 2.49. The standard InChI is InChI=1S/C16H17Te/c1-14(2)13-17(15-9-5-3-6-10-15)16-11-7-4-8-12-16/h3-13H,1-2H3/q+1. The van der Waals surface area contributed by atoms with Crippen LogP contribution in [0.5, 0.6) is 0 Å². The molecule has 2 aromatic rings. The monoisotopic (exact) mass is 339 g/mol. The van der Waals surface area contributed by atoms with Crippen molar-refractivity contribution in [2.45, 2.75) is 13.8 Å². The Morgan fingerprint density at radius 2 is 1.18 bits per heavy atom. The minimum absolute atomic E-state index is 1.43. The molecule has 0 nitrogen and oxygen atoms in total. The predicted octanol–water partition coefficient (Wildman–Crippen LogP) is 2.80. The molecule has 0 aromatic heterocycles. The Morgan fingerprint density at radius 1 is 0.765 bits per heavy atom. The first-order valence-corrected chi connectivity index (χ1v) is 9.43.